The normalized spacial score (nSPS) is 20.2. The second-order valence-electron chi connectivity index (χ2n) is 4.41. The first-order valence-corrected chi connectivity index (χ1v) is 6.84. The van der Waals surface area contributed by atoms with E-state index in [2.05, 4.69) is 5.10 Å². The number of carbonyl (C=O) groups is 1. The Morgan fingerprint density at radius 1 is 1.50 bits per heavy atom. The molecular weight excluding hydrogens is 224 g/mol. The molecule has 1 saturated carbocycles. The molecule has 0 unspecified atom stereocenters. The van der Waals surface area contributed by atoms with Gasteiger partial charge in [-0.15, -0.1) is 0 Å². The maximum Gasteiger partial charge on any atom is 0.356 e. The van der Waals surface area contributed by atoms with E-state index in [-0.39, 0.29) is 0 Å². The zero-order chi connectivity index (χ0) is 11.1. The van der Waals surface area contributed by atoms with Crippen molar-refractivity contribution in [3.05, 3.63) is 17.0 Å². The first kappa shape index (κ1) is 10.2. The first-order chi connectivity index (χ1) is 7.77. The van der Waals surface area contributed by atoms with Crippen LogP contribution in [0, 0.1) is 0 Å². The van der Waals surface area contributed by atoms with Crippen LogP contribution in [-0.2, 0) is 12.2 Å². The van der Waals surface area contributed by atoms with Gasteiger partial charge in [0, 0.05) is 11.3 Å². The highest BCUT2D eigenvalue weighted by Crippen LogP contribution is 2.36. The van der Waals surface area contributed by atoms with Crippen LogP contribution in [0.2, 0.25) is 0 Å². The summed E-state index contributed by atoms with van der Waals surface area (Å²) in [5.74, 6) is 1.07. The molecule has 16 heavy (non-hydrogen) atoms. The van der Waals surface area contributed by atoms with Crippen LogP contribution in [0.15, 0.2) is 0 Å². The lowest BCUT2D eigenvalue weighted by molar-refractivity contribution is 0.0687. The molecule has 1 aromatic rings. The minimum absolute atomic E-state index is 0.294. The summed E-state index contributed by atoms with van der Waals surface area (Å²) >= 11 is 1.88. The van der Waals surface area contributed by atoms with Crippen LogP contribution >= 0.6 is 11.8 Å². The number of aromatic carboxylic acids is 1. The molecule has 0 spiro atoms. The predicted octanol–water partition coefficient (Wildman–Crippen LogP) is 2.10. The number of rotatable bonds is 2. The molecule has 1 aromatic heterocycles. The average molecular weight is 238 g/mol. The van der Waals surface area contributed by atoms with Gasteiger partial charge in [-0.25, -0.2) is 4.79 Å². The topological polar surface area (TPSA) is 55.1 Å². The zero-order valence-corrected chi connectivity index (χ0v) is 9.79. The molecule has 1 fully saturated rings. The quantitative estimate of drug-likeness (QED) is 0.857. The van der Waals surface area contributed by atoms with Crippen LogP contribution in [0.3, 0.4) is 0 Å². The number of thioether (sulfide) groups is 1. The molecule has 2 heterocycles. The summed E-state index contributed by atoms with van der Waals surface area (Å²) in [6.07, 6.45) is 4.40. The Labute approximate surface area is 98.0 Å². The van der Waals surface area contributed by atoms with E-state index in [0.717, 1.165) is 36.3 Å². The van der Waals surface area contributed by atoms with E-state index in [1.165, 1.54) is 12.1 Å². The summed E-state index contributed by atoms with van der Waals surface area (Å²) in [6, 6.07) is 0.459. The van der Waals surface area contributed by atoms with Gasteiger partial charge in [-0.1, -0.05) is 0 Å². The summed E-state index contributed by atoms with van der Waals surface area (Å²) in [5, 5.41) is 13.5. The van der Waals surface area contributed by atoms with Crippen molar-refractivity contribution in [2.24, 2.45) is 0 Å². The molecule has 0 atom stereocenters. The Morgan fingerprint density at radius 2 is 2.31 bits per heavy atom. The molecule has 0 saturated heterocycles. The molecule has 1 aliphatic heterocycles. The number of hydrogen-bond donors (Lipinski definition) is 1. The van der Waals surface area contributed by atoms with Gasteiger partial charge in [-0.3, -0.25) is 4.68 Å². The molecular formula is C11H14N2O2S. The molecule has 0 radical (unpaired) electrons. The standard InChI is InChI=1S/C11H14N2O2S/c14-11(15)10-8-4-5-16-6-9(8)13(12-10)7-2-1-3-7/h7H,1-6H2,(H,14,15). The van der Waals surface area contributed by atoms with Crippen molar-refractivity contribution in [2.75, 3.05) is 5.75 Å². The van der Waals surface area contributed by atoms with Crippen LogP contribution in [0.5, 0.6) is 0 Å². The molecule has 5 heteroatoms. The first-order valence-electron chi connectivity index (χ1n) is 5.68. The second kappa shape index (κ2) is 3.80. The van der Waals surface area contributed by atoms with Gasteiger partial charge >= 0.3 is 5.97 Å². The number of carboxylic acid groups (broad SMARTS) is 1. The van der Waals surface area contributed by atoms with Gasteiger partial charge in [-0.05, 0) is 31.4 Å². The van der Waals surface area contributed by atoms with E-state index >= 15 is 0 Å². The summed E-state index contributed by atoms with van der Waals surface area (Å²) in [4.78, 5) is 11.1. The highest BCUT2D eigenvalue weighted by molar-refractivity contribution is 7.98. The minimum Gasteiger partial charge on any atom is -0.476 e. The molecule has 0 bridgehead atoms. The van der Waals surface area contributed by atoms with Gasteiger partial charge in [0.1, 0.15) is 0 Å². The van der Waals surface area contributed by atoms with Gasteiger partial charge in [0.15, 0.2) is 5.69 Å². The molecule has 1 N–H and O–H groups in total. The number of nitrogens with zero attached hydrogens (tertiary/aromatic N) is 2. The highest BCUT2D eigenvalue weighted by atomic mass is 32.2. The Balaban J connectivity index is 2.07. The average Bonchev–Trinajstić information content (AvgIpc) is 2.56. The number of fused-ring (bicyclic) bond motifs is 1. The molecule has 0 aromatic carbocycles. The van der Waals surface area contributed by atoms with Gasteiger partial charge in [0.05, 0.1) is 11.7 Å². The third kappa shape index (κ3) is 1.45. The van der Waals surface area contributed by atoms with Crippen molar-refractivity contribution < 1.29 is 9.90 Å². The Hall–Kier alpha value is -0.970. The third-order valence-electron chi connectivity index (χ3n) is 3.48. The summed E-state index contributed by atoms with van der Waals surface area (Å²) in [7, 11) is 0. The largest absolute Gasteiger partial charge is 0.476 e. The monoisotopic (exact) mass is 238 g/mol. The second-order valence-corrected chi connectivity index (χ2v) is 5.52. The van der Waals surface area contributed by atoms with E-state index in [4.69, 9.17) is 5.11 Å². The van der Waals surface area contributed by atoms with Crippen LogP contribution in [0.4, 0.5) is 0 Å². The van der Waals surface area contributed by atoms with E-state index in [1.54, 1.807) is 0 Å². The van der Waals surface area contributed by atoms with Crippen LogP contribution < -0.4 is 0 Å². The Morgan fingerprint density at radius 3 is 2.94 bits per heavy atom. The van der Waals surface area contributed by atoms with Crippen molar-refractivity contribution >= 4 is 17.7 Å². The molecule has 1 aliphatic carbocycles. The van der Waals surface area contributed by atoms with Gasteiger partial charge < -0.3 is 5.11 Å². The van der Waals surface area contributed by atoms with Crippen LogP contribution in [0.1, 0.15) is 47.1 Å². The maximum atomic E-state index is 11.1. The number of aromatic nitrogens is 2. The number of carboxylic acids is 1. The van der Waals surface area contributed by atoms with Gasteiger partial charge in [0.2, 0.25) is 0 Å². The lowest BCUT2D eigenvalue weighted by atomic mass is 9.93. The summed E-state index contributed by atoms with van der Waals surface area (Å²) < 4.78 is 1.99. The smallest absolute Gasteiger partial charge is 0.356 e. The summed E-state index contributed by atoms with van der Waals surface area (Å²) in [6.45, 7) is 0. The lowest BCUT2D eigenvalue weighted by Gasteiger charge is -2.28. The number of hydrogen-bond acceptors (Lipinski definition) is 3. The van der Waals surface area contributed by atoms with Crippen molar-refractivity contribution in [2.45, 2.75) is 37.5 Å². The fourth-order valence-corrected chi connectivity index (χ4v) is 3.36. The van der Waals surface area contributed by atoms with E-state index < -0.39 is 5.97 Å². The van der Waals surface area contributed by atoms with E-state index in [9.17, 15) is 4.79 Å². The molecule has 86 valence electrons. The van der Waals surface area contributed by atoms with E-state index in [0.29, 0.717) is 11.7 Å². The van der Waals surface area contributed by atoms with Gasteiger partial charge in [0.25, 0.3) is 0 Å². The molecule has 3 rings (SSSR count). The predicted molar refractivity (Wildman–Crippen MR) is 61.9 cm³/mol. The zero-order valence-electron chi connectivity index (χ0n) is 8.98. The Bertz CT molecular complexity index is 437. The molecule has 0 amide bonds. The van der Waals surface area contributed by atoms with Crippen LogP contribution in [0.25, 0.3) is 0 Å². The van der Waals surface area contributed by atoms with Gasteiger partial charge in [-0.2, -0.15) is 16.9 Å². The lowest BCUT2D eigenvalue weighted by Crippen LogP contribution is -2.21. The minimum atomic E-state index is -0.874. The van der Waals surface area contributed by atoms with E-state index in [1.807, 2.05) is 16.4 Å². The summed E-state index contributed by atoms with van der Waals surface area (Å²) in [5.41, 5.74) is 2.44. The fourth-order valence-electron chi connectivity index (χ4n) is 2.37. The SMILES string of the molecule is O=C(O)c1nn(C2CCC2)c2c1CCSC2. The maximum absolute atomic E-state index is 11.1. The molecule has 2 aliphatic rings. The Kier molecular flexibility index (Phi) is 2.42. The highest BCUT2D eigenvalue weighted by Gasteiger charge is 2.30. The van der Waals surface area contributed by atoms with Crippen molar-refractivity contribution in [3.8, 4) is 0 Å². The van der Waals surface area contributed by atoms with Crippen molar-refractivity contribution in [3.63, 3.8) is 0 Å². The van der Waals surface area contributed by atoms with Crippen molar-refractivity contribution in [1.29, 1.82) is 0 Å². The van der Waals surface area contributed by atoms with Crippen molar-refractivity contribution in [1.82, 2.24) is 9.78 Å². The van der Waals surface area contributed by atoms with Crippen LogP contribution in [-0.4, -0.2) is 26.6 Å². The molecule has 4 nitrogen and oxygen atoms in total. The third-order valence-corrected chi connectivity index (χ3v) is 4.45. The fraction of sp³-hybridized carbons (Fsp3) is 0.636.